The van der Waals surface area contributed by atoms with Crippen molar-refractivity contribution in [2.24, 2.45) is 0 Å². The van der Waals surface area contributed by atoms with Crippen LogP contribution >= 0.6 is 11.6 Å². The van der Waals surface area contributed by atoms with Crippen molar-refractivity contribution in [1.82, 2.24) is 20.4 Å². The summed E-state index contributed by atoms with van der Waals surface area (Å²) in [7, 11) is 0. The molecule has 6 rings (SSSR count). The molecule has 0 aliphatic carbocycles. The molecule has 0 fully saturated rings. The van der Waals surface area contributed by atoms with Crippen molar-refractivity contribution in [3.05, 3.63) is 113 Å². The number of hydrogen-bond acceptors (Lipinski definition) is 5. The average molecular weight is 467 g/mol. The van der Waals surface area contributed by atoms with Crippen LogP contribution < -0.4 is 5.43 Å². The Morgan fingerprint density at radius 1 is 0.882 bits per heavy atom. The minimum Gasteiger partial charge on any atom is -0.372 e. The molecular weight excluding hydrogens is 444 g/mol. The van der Waals surface area contributed by atoms with Crippen LogP contribution in [0.15, 0.2) is 90.8 Å². The number of ether oxygens (including phenoxy) is 1. The first-order valence-electron chi connectivity index (χ1n) is 11.4. The molecule has 0 amide bonds. The predicted molar refractivity (Wildman–Crippen MR) is 135 cm³/mol. The number of benzene rings is 2. The Kier molecular flexibility index (Phi) is 5.49. The molecule has 4 heterocycles. The van der Waals surface area contributed by atoms with Crippen LogP contribution in [0.4, 0.5) is 0 Å². The number of nitrogens with one attached hydrogen (secondary N) is 1. The molecule has 2 aliphatic heterocycles. The summed E-state index contributed by atoms with van der Waals surface area (Å²) in [5, 5.41) is 3.73. The Balaban J connectivity index is 1.39. The second-order valence-electron chi connectivity index (χ2n) is 8.45. The van der Waals surface area contributed by atoms with Gasteiger partial charge in [-0.1, -0.05) is 60.1 Å². The molecular formula is C28H23ClN4O. The fourth-order valence-electron chi connectivity index (χ4n) is 4.51. The zero-order valence-corrected chi connectivity index (χ0v) is 19.3. The molecule has 0 spiro atoms. The van der Waals surface area contributed by atoms with E-state index in [0.29, 0.717) is 18.4 Å². The number of fused-ring (bicyclic) bond motifs is 2. The molecule has 0 radical (unpaired) electrons. The van der Waals surface area contributed by atoms with Crippen LogP contribution in [0, 0.1) is 0 Å². The molecule has 0 saturated heterocycles. The maximum atomic E-state index is 6.18. The molecule has 6 heteroatoms. The summed E-state index contributed by atoms with van der Waals surface area (Å²) in [6.07, 6.45) is 5.39. The van der Waals surface area contributed by atoms with Gasteiger partial charge in [-0.3, -0.25) is 5.01 Å². The first-order valence-corrected chi connectivity index (χ1v) is 11.8. The number of rotatable bonds is 6. The Bertz CT molecular complexity index is 1430. The lowest BCUT2D eigenvalue weighted by Gasteiger charge is -2.16. The van der Waals surface area contributed by atoms with Crippen molar-refractivity contribution in [2.45, 2.75) is 19.6 Å². The van der Waals surface area contributed by atoms with Crippen LogP contribution in [0.5, 0.6) is 0 Å². The van der Waals surface area contributed by atoms with Crippen LogP contribution in [0.2, 0.25) is 5.15 Å². The third-order valence-electron chi connectivity index (χ3n) is 6.14. The van der Waals surface area contributed by atoms with Gasteiger partial charge in [0.15, 0.2) is 0 Å². The van der Waals surface area contributed by atoms with E-state index in [4.69, 9.17) is 21.3 Å². The van der Waals surface area contributed by atoms with Crippen molar-refractivity contribution in [1.29, 1.82) is 0 Å². The Labute approximate surface area is 203 Å². The Morgan fingerprint density at radius 3 is 2.65 bits per heavy atom. The number of hydrogen-bond donors (Lipinski definition) is 1. The lowest BCUT2D eigenvalue weighted by Crippen LogP contribution is -2.25. The monoisotopic (exact) mass is 466 g/mol. The number of nitrogens with zero attached hydrogens (tertiary/aromatic N) is 3. The van der Waals surface area contributed by atoms with E-state index in [2.05, 4.69) is 64.1 Å². The van der Waals surface area contributed by atoms with Crippen molar-refractivity contribution in [2.75, 3.05) is 6.54 Å². The van der Waals surface area contributed by atoms with E-state index >= 15 is 0 Å². The van der Waals surface area contributed by atoms with E-state index in [1.165, 1.54) is 11.3 Å². The SMILES string of the molecule is Clc1cccc(-c2cc(C3=CNN4CCC=C34)c3cc(COCc4ccccc4)ccc3n2)n1. The zero-order chi connectivity index (χ0) is 22.9. The smallest absolute Gasteiger partial charge is 0.129 e. The van der Waals surface area contributed by atoms with E-state index in [1.54, 1.807) is 6.07 Å². The minimum absolute atomic E-state index is 0.457. The molecule has 2 aromatic carbocycles. The maximum Gasteiger partial charge on any atom is 0.129 e. The summed E-state index contributed by atoms with van der Waals surface area (Å²) in [5.74, 6) is 0. The molecule has 0 bridgehead atoms. The molecule has 0 unspecified atom stereocenters. The van der Waals surface area contributed by atoms with E-state index in [0.717, 1.165) is 52.0 Å². The molecule has 0 atom stereocenters. The second-order valence-corrected chi connectivity index (χ2v) is 8.83. The van der Waals surface area contributed by atoms with E-state index in [-0.39, 0.29) is 0 Å². The van der Waals surface area contributed by atoms with Gasteiger partial charge in [-0.25, -0.2) is 9.97 Å². The lowest BCUT2D eigenvalue weighted by molar-refractivity contribution is 0.107. The van der Waals surface area contributed by atoms with Gasteiger partial charge < -0.3 is 10.2 Å². The zero-order valence-electron chi connectivity index (χ0n) is 18.5. The summed E-state index contributed by atoms with van der Waals surface area (Å²) in [6, 6.07) is 24.3. The Morgan fingerprint density at radius 2 is 1.76 bits per heavy atom. The van der Waals surface area contributed by atoms with Crippen molar-refractivity contribution >= 4 is 28.1 Å². The van der Waals surface area contributed by atoms with Crippen LogP contribution in [-0.2, 0) is 18.0 Å². The molecule has 34 heavy (non-hydrogen) atoms. The summed E-state index contributed by atoms with van der Waals surface area (Å²) < 4.78 is 6.00. The first kappa shape index (κ1) is 20.9. The van der Waals surface area contributed by atoms with E-state index in [9.17, 15) is 0 Å². The van der Waals surface area contributed by atoms with E-state index < -0.39 is 0 Å². The minimum atomic E-state index is 0.457. The van der Waals surface area contributed by atoms with Crippen molar-refractivity contribution in [3.8, 4) is 11.4 Å². The lowest BCUT2D eigenvalue weighted by atomic mass is 9.97. The number of aromatic nitrogens is 2. The molecule has 0 saturated carbocycles. The summed E-state index contributed by atoms with van der Waals surface area (Å²) in [5.41, 5.74) is 11.6. The molecule has 1 N–H and O–H groups in total. The summed E-state index contributed by atoms with van der Waals surface area (Å²) in [4.78, 5) is 9.42. The van der Waals surface area contributed by atoms with Gasteiger partial charge in [-0.2, -0.15) is 0 Å². The number of hydrazine groups is 1. The quantitative estimate of drug-likeness (QED) is 0.347. The molecule has 5 nitrogen and oxygen atoms in total. The second kappa shape index (κ2) is 8.93. The van der Waals surface area contributed by atoms with Gasteiger partial charge in [0.1, 0.15) is 5.15 Å². The summed E-state index contributed by atoms with van der Waals surface area (Å²) >= 11 is 6.18. The third-order valence-corrected chi connectivity index (χ3v) is 6.35. The highest BCUT2D eigenvalue weighted by Gasteiger charge is 2.26. The molecule has 168 valence electrons. The number of allylic oxidation sites excluding steroid dienone is 1. The van der Waals surface area contributed by atoms with E-state index in [1.807, 2.05) is 30.3 Å². The van der Waals surface area contributed by atoms with Gasteiger partial charge >= 0.3 is 0 Å². The van der Waals surface area contributed by atoms with Crippen LogP contribution in [0.1, 0.15) is 23.1 Å². The largest absolute Gasteiger partial charge is 0.372 e. The number of halogens is 1. The third kappa shape index (κ3) is 4.04. The number of pyridine rings is 2. The van der Waals surface area contributed by atoms with Gasteiger partial charge in [-0.15, -0.1) is 0 Å². The van der Waals surface area contributed by atoms with Crippen LogP contribution in [-0.4, -0.2) is 21.5 Å². The highest BCUT2D eigenvalue weighted by atomic mass is 35.5. The van der Waals surface area contributed by atoms with Gasteiger partial charge in [0.25, 0.3) is 0 Å². The molecule has 2 aromatic heterocycles. The van der Waals surface area contributed by atoms with Crippen molar-refractivity contribution < 1.29 is 4.74 Å². The molecule has 4 aromatic rings. The van der Waals surface area contributed by atoms with Gasteiger partial charge in [0.2, 0.25) is 0 Å². The maximum absolute atomic E-state index is 6.18. The highest BCUT2D eigenvalue weighted by molar-refractivity contribution is 6.29. The fraction of sp³-hybridized carbons (Fsp3) is 0.143. The Hall–Kier alpha value is -3.67. The first-order chi connectivity index (χ1) is 16.7. The van der Waals surface area contributed by atoms with Crippen LogP contribution in [0.25, 0.3) is 27.9 Å². The fourth-order valence-corrected chi connectivity index (χ4v) is 4.68. The topological polar surface area (TPSA) is 50.3 Å². The summed E-state index contributed by atoms with van der Waals surface area (Å²) in [6.45, 7) is 2.09. The van der Waals surface area contributed by atoms with Crippen LogP contribution in [0.3, 0.4) is 0 Å². The van der Waals surface area contributed by atoms with Gasteiger partial charge in [0.05, 0.1) is 35.8 Å². The van der Waals surface area contributed by atoms with Crippen molar-refractivity contribution in [3.63, 3.8) is 0 Å². The normalized spacial score (nSPS) is 14.7. The van der Waals surface area contributed by atoms with Gasteiger partial charge in [-0.05, 0) is 53.4 Å². The standard InChI is InChI=1S/C28H23ClN4O/c29-28-10-4-8-25(32-28)26-15-21(23-16-30-33-13-5-9-27(23)33)22-14-20(11-12-24(22)31-26)18-34-17-19-6-2-1-3-7-19/h1-4,6-12,14-16,30H,5,13,17-18H2. The average Bonchev–Trinajstić information content (AvgIpc) is 3.48. The highest BCUT2D eigenvalue weighted by Crippen LogP contribution is 2.37. The predicted octanol–water partition coefficient (Wildman–Crippen LogP) is 6.12. The van der Waals surface area contributed by atoms with Gasteiger partial charge in [0, 0.05) is 23.7 Å². The molecule has 2 aliphatic rings.